The summed E-state index contributed by atoms with van der Waals surface area (Å²) in [6, 6.07) is 64.0. The van der Waals surface area contributed by atoms with Gasteiger partial charge in [-0.25, -0.2) is 0 Å². The van der Waals surface area contributed by atoms with Crippen molar-refractivity contribution in [1.29, 1.82) is 0 Å². The molecule has 0 bridgehead atoms. The van der Waals surface area contributed by atoms with Crippen molar-refractivity contribution in [3.63, 3.8) is 0 Å². The average molecular weight is 721 g/mol. The van der Waals surface area contributed by atoms with Crippen LogP contribution in [0.25, 0.3) is 22.3 Å². The highest BCUT2D eigenvalue weighted by Crippen LogP contribution is 2.57. The molecule has 2 nitrogen and oxygen atoms in total. The molecule has 0 fully saturated rings. The molecule has 0 saturated heterocycles. The molecule has 0 amide bonds. The number of para-hydroxylation sites is 4. The lowest BCUT2D eigenvalue weighted by molar-refractivity contribution is 1.02. The number of hydrogen-bond acceptors (Lipinski definition) is 4. The summed E-state index contributed by atoms with van der Waals surface area (Å²) in [4.78, 5) is 10.4. The lowest BCUT2D eigenvalue weighted by atomic mass is 9.33. The fourth-order valence-electron chi connectivity index (χ4n) is 9.94. The van der Waals surface area contributed by atoms with Gasteiger partial charge in [-0.1, -0.05) is 145 Å². The Morgan fingerprint density at radius 3 is 1.44 bits per heavy atom. The number of rotatable bonds is 2. The molecule has 0 N–H and O–H groups in total. The third-order valence-corrected chi connectivity index (χ3v) is 14.3. The Hall–Kier alpha value is -5.88. The molecule has 250 valence electrons. The maximum absolute atomic E-state index is 2.58. The van der Waals surface area contributed by atoms with E-state index in [4.69, 9.17) is 0 Å². The molecular formula is C49H29BN2S2. The van der Waals surface area contributed by atoms with Crippen LogP contribution >= 0.6 is 23.5 Å². The summed E-state index contributed by atoms with van der Waals surface area (Å²) in [5.74, 6) is 0.228. The van der Waals surface area contributed by atoms with Crippen molar-refractivity contribution >= 4 is 80.7 Å². The van der Waals surface area contributed by atoms with Crippen LogP contribution in [-0.2, 0) is 0 Å². The Kier molecular flexibility index (Phi) is 5.94. The van der Waals surface area contributed by atoms with E-state index in [0.29, 0.717) is 0 Å². The van der Waals surface area contributed by atoms with E-state index in [1.54, 1.807) is 0 Å². The van der Waals surface area contributed by atoms with Gasteiger partial charge in [0.25, 0.3) is 6.71 Å². The van der Waals surface area contributed by atoms with Crippen molar-refractivity contribution in [1.82, 2.24) is 0 Å². The summed E-state index contributed by atoms with van der Waals surface area (Å²) >= 11 is 3.80. The molecule has 0 unspecified atom stereocenters. The molecule has 54 heavy (non-hydrogen) atoms. The number of benzene rings is 8. The zero-order valence-corrected chi connectivity index (χ0v) is 30.7. The van der Waals surface area contributed by atoms with Gasteiger partial charge in [-0.2, -0.15) is 0 Å². The van der Waals surface area contributed by atoms with E-state index >= 15 is 0 Å². The Balaban J connectivity index is 1.06. The lowest BCUT2D eigenvalue weighted by Crippen LogP contribution is -2.62. The number of hydrogen-bond donors (Lipinski definition) is 0. The molecule has 8 aromatic rings. The van der Waals surface area contributed by atoms with Gasteiger partial charge in [-0.3, -0.25) is 0 Å². The van der Waals surface area contributed by atoms with Gasteiger partial charge in [0.2, 0.25) is 0 Å². The van der Waals surface area contributed by atoms with Crippen LogP contribution in [0.3, 0.4) is 0 Å². The third-order valence-electron chi connectivity index (χ3n) is 12.1. The van der Waals surface area contributed by atoms with Crippen molar-refractivity contribution in [3.05, 3.63) is 187 Å². The van der Waals surface area contributed by atoms with Gasteiger partial charge >= 0.3 is 0 Å². The quantitative estimate of drug-likeness (QED) is 0.164. The fourth-order valence-corrected chi connectivity index (χ4v) is 12.1. The summed E-state index contributed by atoms with van der Waals surface area (Å²) in [5.41, 5.74) is 21.1. The number of nitrogens with zero attached hydrogens (tertiary/aromatic N) is 2. The summed E-state index contributed by atoms with van der Waals surface area (Å²) in [5, 5.41) is 0. The molecule has 4 aliphatic heterocycles. The molecule has 5 aliphatic rings. The van der Waals surface area contributed by atoms with Crippen LogP contribution in [0.15, 0.2) is 189 Å². The standard InChI is InChI=1S/C49H29BN2S2/c1-3-13-34-32(11-1)33-12-2-4-14-35(33)46(34)30-25-23-29(24-26-30)31-27-40-47-41(28-31)52-39-18-6-8-20-43(39)54-45-22-10-16-37(49(45)52)50(47)36-15-9-21-44-48(36)51(40)38-17-5-7-19-42(38)53-44/h1-28,46H. The van der Waals surface area contributed by atoms with Gasteiger partial charge in [0, 0.05) is 36.9 Å². The minimum Gasteiger partial charge on any atom is -0.309 e. The maximum Gasteiger partial charge on any atom is 0.252 e. The van der Waals surface area contributed by atoms with Crippen LogP contribution in [0, 0.1) is 0 Å². The largest absolute Gasteiger partial charge is 0.309 e. The second-order valence-electron chi connectivity index (χ2n) is 14.8. The zero-order valence-electron chi connectivity index (χ0n) is 29.0. The van der Waals surface area contributed by atoms with Crippen LogP contribution < -0.4 is 26.2 Å². The Labute approximate surface area is 323 Å². The van der Waals surface area contributed by atoms with E-state index < -0.39 is 0 Å². The first kappa shape index (κ1) is 29.6. The Morgan fingerprint density at radius 2 is 0.889 bits per heavy atom. The van der Waals surface area contributed by atoms with E-state index in [-0.39, 0.29) is 12.6 Å². The van der Waals surface area contributed by atoms with E-state index in [0.717, 1.165) is 0 Å². The predicted octanol–water partition coefficient (Wildman–Crippen LogP) is 11.5. The summed E-state index contributed by atoms with van der Waals surface area (Å²) in [6.07, 6.45) is 0. The molecule has 8 aromatic carbocycles. The van der Waals surface area contributed by atoms with Gasteiger partial charge in [0.1, 0.15) is 0 Å². The first-order chi connectivity index (χ1) is 26.8. The predicted molar refractivity (Wildman–Crippen MR) is 227 cm³/mol. The van der Waals surface area contributed by atoms with Gasteiger partial charge in [-0.05, 0) is 104 Å². The van der Waals surface area contributed by atoms with Crippen molar-refractivity contribution < 1.29 is 0 Å². The molecule has 13 rings (SSSR count). The van der Waals surface area contributed by atoms with E-state index in [1.807, 2.05) is 23.5 Å². The van der Waals surface area contributed by atoms with Crippen LogP contribution in [0.2, 0.25) is 0 Å². The molecule has 0 aromatic heterocycles. The van der Waals surface area contributed by atoms with Gasteiger partial charge < -0.3 is 9.80 Å². The molecule has 0 atom stereocenters. The first-order valence-electron chi connectivity index (χ1n) is 18.7. The summed E-state index contributed by atoms with van der Waals surface area (Å²) < 4.78 is 0. The van der Waals surface area contributed by atoms with E-state index in [2.05, 4.69) is 180 Å². The first-order valence-corrected chi connectivity index (χ1v) is 20.3. The minimum absolute atomic E-state index is 0.128. The van der Waals surface area contributed by atoms with Crippen molar-refractivity contribution in [2.45, 2.75) is 25.5 Å². The maximum atomic E-state index is 2.58. The molecular weight excluding hydrogens is 691 g/mol. The van der Waals surface area contributed by atoms with Gasteiger partial charge in [0.05, 0.1) is 22.7 Å². The third kappa shape index (κ3) is 3.85. The van der Waals surface area contributed by atoms with E-state index in [1.165, 1.54) is 109 Å². The Morgan fingerprint density at radius 1 is 0.407 bits per heavy atom. The second-order valence-corrected chi connectivity index (χ2v) is 17.0. The monoisotopic (exact) mass is 720 g/mol. The Bertz CT molecular complexity index is 2760. The summed E-state index contributed by atoms with van der Waals surface area (Å²) in [6.45, 7) is 0.128. The molecule has 1 aliphatic carbocycles. The highest BCUT2D eigenvalue weighted by Gasteiger charge is 2.47. The molecule has 0 spiro atoms. The van der Waals surface area contributed by atoms with Crippen molar-refractivity contribution in [2.75, 3.05) is 9.80 Å². The van der Waals surface area contributed by atoms with E-state index in [9.17, 15) is 0 Å². The lowest BCUT2D eigenvalue weighted by Gasteiger charge is -2.47. The molecule has 4 heterocycles. The highest BCUT2D eigenvalue weighted by atomic mass is 32.2. The fraction of sp³-hybridized carbons (Fsp3) is 0.0204. The molecule has 5 heteroatoms. The van der Waals surface area contributed by atoms with Gasteiger partial charge in [0.15, 0.2) is 0 Å². The van der Waals surface area contributed by atoms with Crippen molar-refractivity contribution in [2.24, 2.45) is 0 Å². The van der Waals surface area contributed by atoms with Crippen LogP contribution in [-0.4, -0.2) is 6.71 Å². The smallest absolute Gasteiger partial charge is 0.252 e. The highest BCUT2D eigenvalue weighted by molar-refractivity contribution is 8.00. The summed E-state index contributed by atoms with van der Waals surface area (Å²) in [7, 11) is 0. The number of anilines is 6. The second kappa shape index (κ2) is 10.9. The van der Waals surface area contributed by atoms with Crippen molar-refractivity contribution in [3.8, 4) is 22.3 Å². The SMILES string of the molecule is c1ccc2c(c1)Sc1cccc3c1N2c1cc(-c2ccc(C4c5ccccc5-c5ccccc54)cc2)cc2c1B3c1cccc3c1N2c1ccccc1S3. The zero-order chi connectivity index (χ0) is 35.1. The van der Waals surface area contributed by atoms with Crippen LogP contribution in [0.1, 0.15) is 22.6 Å². The van der Waals surface area contributed by atoms with Crippen LogP contribution in [0.5, 0.6) is 0 Å². The number of fused-ring (bicyclic) bond motifs is 11. The minimum atomic E-state index is 0.128. The van der Waals surface area contributed by atoms with Gasteiger partial charge in [-0.15, -0.1) is 0 Å². The average Bonchev–Trinajstić information content (AvgIpc) is 3.57. The molecule has 0 radical (unpaired) electrons. The topological polar surface area (TPSA) is 6.48 Å². The molecule has 0 saturated carbocycles. The normalized spacial score (nSPS) is 14.7. The van der Waals surface area contributed by atoms with Crippen LogP contribution in [0.4, 0.5) is 34.1 Å².